The molecule has 0 N–H and O–H groups in total. The van der Waals surface area contributed by atoms with Crippen molar-refractivity contribution < 1.29 is 0 Å². The van der Waals surface area contributed by atoms with E-state index in [9.17, 15) is 0 Å². The van der Waals surface area contributed by atoms with E-state index < -0.39 is 21.6 Å². The van der Waals surface area contributed by atoms with Gasteiger partial charge in [0.05, 0.1) is 0 Å². The molecule has 149 valence electrons. The van der Waals surface area contributed by atoms with Gasteiger partial charge < -0.3 is 0 Å². The van der Waals surface area contributed by atoms with Gasteiger partial charge in [-0.05, 0) is 0 Å². The molecule has 4 atom stereocenters. The van der Waals surface area contributed by atoms with Crippen molar-refractivity contribution in [2.75, 3.05) is 0 Å². The van der Waals surface area contributed by atoms with Gasteiger partial charge in [0.25, 0.3) is 0 Å². The first-order chi connectivity index (χ1) is 11.1. The van der Waals surface area contributed by atoms with Crippen LogP contribution < -0.4 is 0 Å². The Morgan fingerprint density at radius 1 is 0.962 bits per heavy atom. The van der Waals surface area contributed by atoms with Crippen molar-refractivity contribution in [2.45, 2.75) is 87.0 Å². The van der Waals surface area contributed by atoms with Crippen molar-refractivity contribution in [3.8, 4) is 0 Å². The fourth-order valence-corrected chi connectivity index (χ4v) is 31.9. The van der Waals surface area contributed by atoms with Gasteiger partial charge in [-0.1, -0.05) is 0 Å². The van der Waals surface area contributed by atoms with E-state index in [1.54, 1.807) is 13.2 Å². The van der Waals surface area contributed by atoms with Crippen LogP contribution in [0.1, 0.15) is 83.1 Å². The van der Waals surface area contributed by atoms with E-state index in [0.717, 1.165) is 17.2 Å². The van der Waals surface area contributed by atoms with E-state index in [-0.39, 0.29) is 5.41 Å². The molecule has 26 heavy (non-hydrogen) atoms. The van der Waals surface area contributed by atoms with Crippen molar-refractivity contribution in [1.82, 2.24) is 0 Å². The van der Waals surface area contributed by atoms with Crippen LogP contribution in [0.3, 0.4) is 0 Å². The van der Waals surface area contributed by atoms with Crippen LogP contribution in [0, 0.1) is 21.7 Å². The second-order valence-electron chi connectivity index (χ2n) is 11.5. The third kappa shape index (κ3) is 6.18. The Morgan fingerprint density at radius 3 is 1.73 bits per heavy atom. The van der Waals surface area contributed by atoms with E-state index in [1.807, 2.05) is 5.03 Å². The number of hydrogen-bond donors (Lipinski definition) is 0. The summed E-state index contributed by atoms with van der Waals surface area (Å²) in [4.78, 5) is 0. The molecule has 0 aromatic carbocycles. The Bertz CT molecular complexity index is 585. The van der Waals surface area contributed by atoms with E-state index in [4.69, 9.17) is 0 Å². The summed E-state index contributed by atoms with van der Waals surface area (Å²) in [6.07, 6.45) is 0. The summed E-state index contributed by atoms with van der Waals surface area (Å²) in [5.74, 6) is 0. The molecule has 0 amide bonds. The zero-order chi connectivity index (χ0) is 21.0. The molecule has 0 aromatic heterocycles. The summed E-state index contributed by atoms with van der Waals surface area (Å²) in [5.41, 5.74) is 1.30. The zero-order valence-electron chi connectivity index (χ0n) is 18.8. The van der Waals surface area contributed by atoms with Gasteiger partial charge in [0.15, 0.2) is 0 Å². The average molecular weight is 647 g/mol. The first kappa shape index (κ1) is 26.9. The van der Waals surface area contributed by atoms with Crippen molar-refractivity contribution in [3.63, 3.8) is 0 Å². The summed E-state index contributed by atoms with van der Waals surface area (Å²) in [7, 11) is 7.76. The predicted molar refractivity (Wildman–Crippen MR) is 137 cm³/mol. The van der Waals surface area contributed by atoms with Crippen LogP contribution in [0.15, 0.2) is 0 Å². The van der Waals surface area contributed by atoms with Crippen LogP contribution in [-0.2, 0) is 0 Å². The summed E-state index contributed by atoms with van der Waals surface area (Å²) < 4.78 is 1.01. The van der Waals surface area contributed by atoms with Crippen molar-refractivity contribution in [1.29, 1.82) is 0 Å². The maximum absolute atomic E-state index is 4.13. The van der Waals surface area contributed by atoms with Gasteiger partial charge >= 0.3 is 198 Å². The van der Waals surface area contributed by atoms with Crippen LogP contribution in [0.5, 0.6) is 0 Å². The van der Waals surface area contributed by atoms with E-state index in [2.05, 4.69) is 115 Å². The summed E-state index contributed by atoms with van der Waals surface area (Å²) in [5, 5.41) is 3.37. The Hall–Kier alpha value is 2.84. The standard InChI is InChI=1S/C20H39P4.2Sb/c1-17(2,3)13-22-15(19(7,8)9)24-16(20(10,11)12)23-14(21)18(4,5)6;;/h21,23-24H,1-12H3;;. The van der Waals surface area contributed by atoms with Gasteiger partial charge in [-0.25, -0.2) is 0 Å². The van der Waals surface area contributed by atoms with Crippen LogP contribution in [0.2, 0.25) is 0 Å². The fourth-order valence-electron chi connectivity index (χ4n) is 2.30. The number of rotatable bonds is 2. The molecule has 1 aliphatic heterocycles. The van der Waals surface area contributed by atoms with Crippen LogP contribution >= 0.6 is 34.2 Å². The molecular weight excluding hydrogens is 608 g/mol. The number of hydrogen-bond acceptors (Lipinski definition) is 0. The van der Waals surface area contributed by atoms with Gasteiger partial charge in [0, 0.05) is 0 Å². The predicted octanol–water partition coefficient (Wildman–Crippen LogP) is 7.07. The minimum atomic E-state index is -0.435. The SMILES string of the molecule is CC(C)(C)C(=P)P[C]1(C(C)(C)C)PC(C(C)(C)C)=P[C@@]([Sb])(C(C)(C)C)[Sb]1. The fraction of sp³-hybridized carbons (Fsp3) is 0.900. The molecule has 0 nitrogen and oxygen atoms in total. The second-order valence-corrected chi connectivity index (χ2v) is 31.9. The quantitative estimate of drug-likeness (QED) is 0.223. The summed E-state index contributed by atoms with van der Waals surface area (Å²) >= 11 is 1.72. The molecule has 1 heterocycles. The normalized spacial score (nSPS) is 30.7. The molecular formula is C20H39P4Sb2. The van der Waals surface area contributed by atoms with Crippen LogP contribution in [0.4, 0.5) is 0 Å². The maximum atomic E-state index is 4.13. The molecule has 0 aromatic rings. The van der Waals surface area contributed by atoms with E-state index in [0.29, 0.717) is 20.1 Å². The molecule has 0 saturated carbocycles. The van der Waals surface area contributed by atoms with Crippen molar-refractivity contribution in [2.24, 2.45) is 21.7 Å². The molecule has 0 aliphatic carbocycles. The van der Waals surface area contributed by atoms with Crippen molar-refractivity contribution >= 4 is 88.9 Å². The van der Waals surface area contributed by atoms with E-state index in [1.165, 1.54) is 0 Å². The van der Waals surface area contributed by atoms with Crippen LogP contribution in [0.25, 0.3) is 0 Å². The first-order valence-corrected chi connectivity index (χ1v) is 16.6. The van der Waals surface area contributed by atoms with Gasteiger partial charge in [-0.15, -0.1) is 0 Å². The molecule has 0 fully saturated rings. The molecule has 1 aliphatic rings. The summed E-state index contributed by atoms with van der Waals surface area (Å²) in [6, 6.07) is 0. The zero-order valence-corrected chi connectivity index (χ0v) is 27.8. The Labute approximate surface area is 196 Å². The van der Waals surface area contributed by atoms with Gasteiger partial charge in [0.2, 0.25) is 0 Å². The van der Waals surface area contributed by atoms with Crippen molar-refractivity contribution in [3.05, 3.63) is 0 Å². The Morgan fingerprint density at radius 2 is 1.42 bits per heavy atom. The molecule has 6 heteroatoms. The monoisotopic (exact) mass is 645 g/mol. The molecule has 1 rings (SSSR count). The second kappa shape index (κ2) is 8.41. The molecule has 3 radical (unpaired) electrons. The van der Waals surface area contributed by atoms with E-state index >= 15 is 0 Å². The topological polar surface area (TPSA) is 0 Å². The first-order valence-electron chi connectivity index (χ1n) is 9.37. The van der Waals surface area contributed by atoms with Crippen LogP contribution in [-0.4, -0.2) is 58.6 Å². The Balaban J connectivity index is 3.62. The Kier molecular flexibility index (Phi) is 8.69. The van der Waals surface area contributed by atoms with Gasteiger partial charge in [-0.3, -0.25) is 0 Å². The molecule has 0 bridgehead atoms. The minimum absolute atomic E-state index is 0.244. The third-order valence-corrected chi connectivity index (χ3v) is 28.7. The average Bonchev–Trinajstić information content (AvgIpc) is 2.33. The van der Waals surface area contributed by atoms with Gasteiger partial charge in [-0.2, -0.15) is 0 Å². The van der Waals surface area contributed by atoms with Gasteiger partial charge in [0.1, 0.15) is 0 Å². The molecule has 3 unspecified atom stereocenters. The molecule has 0 spiro atoms. The molecule has 0 saturated heterocycles. The third-order valence-electron chi connectivity index (χ3n) is 4.75. The summed E-state index contributed by atoms with van der Waals surface area (Å²) in [6.45, 7) is 29.5.